The van der Waals surface area contributed by atoms with Crippen LogP contribution in [-0.4, -0.2) is 28.3 Å². The van der Waals surface area contributed by atoms with E-state index in [2.05, 4.69) is 10.5 Å². The van der Waals surface area contributed by atoms with Gasteiger partial charge >= 0.3 is 0 Å². The minimum atomic E-state index is -0.437. The first kappa shape index (κ1) is 14.7. The summed E-state index contributed by atoms with van der Waals surface area (Å²) in [5, 5.41) is 24.6. The average molecular weight is 281 g/mol. The second-order valence-electron chi connectivity index (χ2n) is 5.29. The van der Waals surface area contributed by atoms with Crippen molar-refractivity contribution in [2.75, 3.05) is 6.61 Å². The number of amidine groups is 1. The molecule has 0 amide bonds. The number of nitrogens with one attached hydrogen (secondary N) is 1. The molecule has 0 aromatic heterocycles. The summed E-state index contributed by atoms with van der Waals surface area (Å²) in [7, 11) is 0. The molecule has 6 heteroatoms. The normalized spacial score (nSPS) is 18.4. The number of hydrogen-bond acceptors (Lipinski definition) is 4. The highest BCUT2D eigenvalue weighted by molar-refractivity contribution is 5.98. The van der Waals surface area contributed by atoms with Crippen molar-refractivity contribution >= 4 is 5.84 Å². The third-order valence-electron chi connectivity index (χ3n) is 3.97. The predicted octanol–water partition coefficient (Wildman–Crippen LogP) is 1.31. The van der Waals surface area contributed by atoms with Crippen molar-refractivity contribution in [3.05, 3.63) is 35.1 Å². The van der Waals surface area contributed by atoms with Crippen molar-refractivity contribution < 1.29 is 14.7 Å². The fraction of sp³-hybridized carbons (Fsp3) is 0.500. The fourth-order valence-electron chi connectivity index (χ4n) is 2.72. The van der Waals surface area contributed by atoms with Crippen molar-refractivity contribution in [1.82, 2.24) is 5.32 Å². The lowest BCUT2D eigenvalue weighted by molar-refractivity contribution is 0.163. The molecule has 2 rings (SSSR count). The van der Waals surface area contributed by atoms with Gasteiger partial charge in [-0.3, -0.25) is 0 Å². The van der Waals surface area contributed by atoms with Crippen LogP contribution < -0.4 is 11.1 Å². The van der Waals surface area contributed by atoms with Gasteiger partial charge in [0.1, 0.15) is 5.82 Å². The van der Waals surface area contributed by atoms with Crippen LogP contribution in [0.1, 0.15) is 36.8 Å². The highest BCUT2D eigenvalue weighted by Crippen LogP contribution is 2.29. The maximum atomic E-state index is 13.3. The van der Waals surface area contributed by atoms with Gasteiger partial charge in [0.25, 0.3) is 0 Å². The van der Waals surface area contributed by atoms with Crippen LogP contribution in [0.4, 0.5) is 4.39 Å². The van der Waals surface area contributed by atoms with Crippen LogP contribution in [0.3, 0.4) is 0 Å². The smallest absolute Gasteiger partial charge is 0.170 e. The summed E-state index contributed by atoms with van der Waals surface area (Å²) in [6.45, 7) is 0.513. The zero-order valence-electron chi connectivity index (χ0n) is 11.3. The topological polar surface area (TPSA) is 90.9 Å². The molecule has 5 nitrogen and oxygen atoms in total. The highest BCUT2D eigenvalue weighted by Gasteiger charge is 2.32. The van der Waals surface area contributed by atoms with Crippen molar-refractivity contribution in [3.8, 4) is 0 Å². The number of rotatable bonds is 5. The Kier molecular flexibility index (Phi) is 4.57. The molecule has 0 saturated heterocycles. The molecule has 20 heavy (non-hydrogen) atoms. The molecule has 0 aliphatic heterocycles. The van der Waals surface area contributed by atoms with Crippen LogP contribution in [0.15, 0.2) is 23.4 Å². The molecule has 1 aliphatic carbocycles. The van der Waals surface area contributed by atoms with E-state index in [1.54, 1.807) is 6.07 Å². The SMILES string of the molecule is NC(=NO)c1cc(F)ccc1CNC1(CO)CCCC1. The van der Waals surface area contributed by atoms with Gasteiger partial charge in [0.2, 0.25) is 0 Å². The molecule has 1 aliphatic rings. The Balaban J connectivity index is 2.17. The predicted molar refractivity (Wildman–Crippen MR) is 74.0 cm³/mol. The van der Waals surface area contributed by atoms with Gasteiger partial charge in [-0.15, -0.1) is 0 Å². The fourth-order valence-corrected chi connectivity index (χ4v) is 2.72. The van der Waals surface area contributed by atoms with E-state index in [9.17, 15) is 9.50 Å². The van der Waals surface area contributed by atoms with Gasteiger partial charge in [-0.25, -0.2) is 4.39 Å². The standard InChI is InChI=1S/C14H20FN3O2/c15-11-4-3-10(12(7-11)13(16)18-20)8-17-14(9-19)5-1-2-6-14/h3-4,7,17,19-20H,1-2,5-6,8-9H2,(H2,16,18). The number of halogens is 1. The van der Waals surface area contributed by atoms with Crippen LogP contribution in [0.2, 0.25) is 0 Å². The monoisotopic (exact) mass is 281 g/mol. The maximum Gasteiger partial charge on any atom is 0.170 e. The van der Waals surface area contributed by atoms with Crippen LogP contribution in [0.5, 0.6) is 0 Å². The number of benzene rings is 1. The molecular weight excluding hydrogens is 261 g/mol. The van der Waals surface area contributed by atoms with E-state index in [1.165, 1.54) is 12.1 Å². The Morgan fingerprint density at radius 2 is 2.10 bits per heavy atom. The summed E-state index contributed by atoms with van der Waals surface area (Å²) in [6.07, 6.45) is 4.02. The minimum absolute atomic E-state index is 0.0765. The van der Waals surface area contributed by atoms with E-state index in [-0.39, 0.29) is 18.0 Å². The Morgan fingerprint density at radius 1 is 1.40 bits per heavy atom. The summed E-state index contributed by atoms with van der Waals surface area (Å²) >= 11 is 0. The Bertz CT molecular complexity index is 499. The van der Waals surface area contributed by atoms with Gasteiger partial charge in [0, 0.05) is 17.6 Å². The number of oxime groups is 1. The number of nitrogens with two attached hydrogens (primary N) is 1. The maximum absolute atomic E-state index is 13.3. The van der Waals surface area contributed by atoms with Crippen LogP contribution >= 0.6 is 0 Å². The summed E-state index contributed by atoms with van der Waals surface area (Å²) in [6, 6.07) is 4.19. The number of hydrogen-bond donors (Lipinski definition) is 4. The molecule has 1 aromatic carbocycles. The van der Waals surface area contributed by atoms with E-state index >= 15 is 0 Å². The molecule has 0 bridgehead atoms. The number of aliphatic hydroxyl groups is 1. The largest absolute Gasteiger partial charge is 0.409 e. The molecule has 1 aromatic rings. The quantitative estimate of drug-likeness (QED) is 0.283. The van der Waals surface area contributed by atoms with Gasteiger partial charge in [-0.2, -0.15) is 0 Å². The lowest BCUT2D eigenvalue weighted by Crippen LogP contribution is -2.45. The van der Waals surface area contributed by atoms with Gasteiger partial charge in [0.15, 0.2) is 5.84 Å². The van der Waals surface area contributed by atoms with Crippen LogP contribution in [-0.2, 0) is 6.54 Å². The highest BCUT2D eigenvalue weighted by atomic mass is 19.1. The molecule has 1 saturated carbocycles. The van der Waals surface area contributed by atoms with Crippen molar-refractivity contribution in [2.45, 2.75) is 37.8 Å². The van der Waals surface area contributed by atoms with E-state index in [0.29, 0.717) is 12.1 Å². The third kappa shape index (κ3) is 3.08. The molecule has 0 atom stereocenters. The average Bonchev–Trinajstić information content (AvgIpc) is 2.94. The van der Waals surface area contributed by atoms with Crippen LogP contribution in [0, 0.1) is 5.82 Å². The second kappa shape index (κ2) is 6.19. The number of nitrogens with zero attached hydrogens (tertiary/aromatic N) is 1. The van der Waals surface area contributed by atoms with Crippen molar-refractivity contribution in [1.29, 1.82) is 0 Å². The summed E-state index contributed by atoms with van der Waals surface area (Å²) in [4.78, 5) is 0. The number of aliphatic hydroxyl groups excluding tert-OH is 1. The summed E-state index contributed by atoms with van der Waals surface area (Å²) in [5.41, 5.74) is 6.41. The van der Waals surface area contributed by atoms with Crippen molar-refractivity contribution in [3.63, 3.8) is 0 Å². The van der Waals surface area contributed by atoms with Gasteiger partial charge in [-0.1, -0.05) is 24.1 Å². The Labute approximate surface area is 117 Å². The van der Waals surface area contributed by atoms with E-state index in [1.807, 2.05) is 0 Å². The van der Waals surface area contributed by atoms with Gasteiger partial charge in [-0.05, 0) is 30.5 Å². The second-order valence-corrected chi connectivity index (χ2v) is 5.29. The molecule has 110 valence electrons. The molecule has 0 spiro atoms. The molecule has 5 N–H and O–H groups in total. The van der Waals surface area contributed by atoms with E-state index in [4.69, 9.17) is 10.9 Å². The Morgan fingerprint density at radius 3 is 2.70 bits per heavy atom. The van der Waals surface area contributed by atoms with Gasteiger partial charge in [0.05, 0.1) is 6.61 Å². The first-order valence-corrected chi connectivity index (χ1v) is 6.72. The minimum Gasteiger partial charge on any atom is -0.409 e. The molecular formula is C14H20FN3O2. The lowest BCUT2D eigenvalue weighted by Gasteiger charge is -2.28. The summed E-state index contributed by atoms with van der Waals surface area (Å²) < 4.78 is 13.3. The summed E-state index contributed by atoms with van der Waals surface area (Å²) in [5.74, 6) is -0.557. The Hall–Kier alpha value is -1.66. The van der Waals surface area contributed by atoms with Gasteiger partial charge < -0.3 is 21.4 Å². The van der Waals surface area contributed by atoms with Crippen LogP contribution in [0.25, 0.3) is 0 Å². The molecule has 0 unspecified atom stereocenters. The molecule has 0 radical (unpaired) electrons. The van der Waals surface area contributed by atoms with E-state index < -0.39 is 5.82 Å². The third-order valence-corrected chi connectivity index (χ3v) is 3.97. The molecule has 0 heterocycles. The first-order chi connectivity index (χ1) is 9.60. The zero-order valence-corrected chi connectivity index (χ0v) is 11.3. The zero-order chi connectivity index (χ0) is 14.6. The lowest BCUT2D eigenvalue weighted by atomic mass is 9.97. The first-order valence-electron chi connectivity index (χ1n) is 6.72. The molecule has 1 fully saturated rings. The van der Waals surface area contributed by atoms with Crippen molar-refractivity contribution in [2.24, 2.45) is 10.9 Å². The van der Waals surface area contributed by atoms with E-state index in [0.717, 1.165) is 31.2 Å².